The second-order valence-corrected chi connectivity index (χ2v) is 13.6. The van der Waals surface area contributed by atoms with Crippen LogP contribution in [-0.2, 0) is 22.6 Å². The van der Waals surface area contributed by atoms with Gasteiger partial charge in [-0.25, -0.2) is 14.4 Å². The van der Waals surface area contributed by atoms with E-state index in [2.05, 4.69) is 47.6 Å². The molecule has 0 saturated heterocycles. The predicted molar refractivity (Wildman–Crippen MR) is 172 cm³/mol. The molecule has 1 atom stereocenters. The summed E-state index contributed by atoms with van der Waals surface area (Å²) < 4.78 is 25.2. The van der Waals surface area contributed by atoms with E-state index < -0.39 is 11.7 Å². The lowest BCUT2D eigenvalue weighted by Gasteiger charge is -2.22. The largest absolute Gasteiger partial charge is 0.487 e. The minimum Gasteiger partial charge on any atom is -0.487 e. The van der Waals surface area contributed by atoms with Crippen LogP contribution in [0.5, 0.6) is 5.75 Å². The molecule has 7 nitrogen and oxygen atoms in total. The quantitative estimate of drug-likeness (QED) is 0.126. The number of hydrogen-bond donors (Lipinski definition) is 1. The van der Waals surface area contributed by atoms with Crippen molar-refractivity contribution < 1.29 is 18.7 Å². The Bertz CT molecular complexity index is 1760. The smallest absolute Gasteiger partial charge is 0.315 e. The molecule has 0 aliphatic heterocycles. The van der Waals surface area contributed by atoms with E-state index in [1.807, 2.05) is 68.6 Å². The van der Waals surface area contributed by atoms with E-state index in [9.17, 15) is 9.18 Å². The van der Waals surface area contributed by atoms with Crippen molar-refractivity contribution in [2.75, 3.05) is 6.61 Å². The normalized spacial score (nSPS) is 12.3. The zero-order chi connectivity index (χ0) is 31.4. The summed E-state index contributed by atoms with van der Waals surface area (Å²) in [6, 6.07) is 15.6. The standard InChI is InChI=1S/C35H37FN4O3S/c1-7-42-34(41)27(16-23-9-8-10-24(15-23)33-38-18-25(36)19-39-33)31-32(44-35(4,5)6)30-22(3)29(14-13-28(30)40-31)43-20-26-12-11-21(2)17-37-26/h8-15,17-19,27,40H,7,16,20H2,1-6H3. The average molecular weight is 613 g/mol. The van der Waals surface area contributed by atoms with Crippen LogP contribution in [0.3, 0.4) is 0 Å². The van der Waals surface area contributed by atoms with Gasteiger partial charge in [-0.1, -0.05) is 45.0 Å². The molecule has 44 heavy (non-hydrogen) atoms. The van der Waals surface area contributed by atoms with E-state index in [-0.39, 0.29) is 17.3 Å². The highest BCUT2D eigenvalue weighted by Gasteiger charge is 2.31. The number of hydrogen-bond acceptors (Lipinski definition) is 7. The van der Waals surface area contributed by atoms with Crippen LogP contribution in [0.4, 0.5) is 4.39 Å². The third kappa shape index (κ3) is 7.27. The van der Waals surface area contributed by atoms with Gasteiger partial charge in [0.1, 0.15) is 18.3 Å². The summed E-state index contributed by atoms with van der Waals surface area (Å²) in [5.74, 6) is -0.221. The lowest BCUT2D eigenvalue weighted by atomic mass is 9.94. The Morgan fingerprint density at radius 3 is 2.48 bits per heavy atom. The summed E-state index contributed by atoms with van der Waals surface area (Å²) >= 11 is 1.72. The number of halogens is 1. The molecule has 0 fully saturated rings. The highest BCUT2D eigenvalue weighted by atomic mass is 32.2. The van der Waals surface area contributed by atoms with E-state index >= 15 is 0 Å². The van der Waals surface area contributed by atoms with Crippen LogP contribution < -0.4 is 4.74 Å². The maximum Gasteiger partial charge on any atom is 0.315 e. The van der Waals surface area contributed by atoms with Gasteiger partial charge < -0.3 is 14.5 Å². The summed E-state index contributed by atoms with van der Waals surface area (Å²) in [6.45, 7) is 13.0. The fourth-order valence-corrected chi connectivity index (χ4v) is 6.34. The Morgan fingerprint density at radius 1 is 1.02 bits per heavy atom. The number of rotatable bonds is 10. The Morgan fingerprint density at radius 2 is 1.80 bits per heavy atom. The summed E-state index contributed by atoms with van der Waals surface area (Å²) in [7, 11) is 0. The van der Waals surface area contributed by atoms with Gasteiger partial charge in [0, 0.05) is 43.6 Å². The first-order valence-electron chi connectivity index (χ1n) is 14.6. The first-order valence-corrected chi connectivity index (χ1v) is 15.5. The van der Waals surface area contributed by atoms with E-state index in [1.54, 1.807) is 11.8 Å². The number of ether oxygens (including phenoxy) is 2. The number of thioether (sulfide) groups is 1. The predicted octanol–water partition coefficient (Wildman–Crippen LogP) is 8.13. The highest BCUT2D eigenvalue weighted by Crippen LogP contribution is 2.45. The van der Waals surface area contributed by atoms with Gasteiger partial charge in [-0.2, -0.15) is 0 Å². The lowest BCUT2D eigenvalue weighted by molar-refractivity contribution is -0.145. The third-order valence-corrected chi connectivity index (χ3v) is 8.32. The maximum absolute atomic E-state index is 13.6. The van der Waals surface area contributed by atoms with E-state index in [0.29, 0.717) is 18.9 Å². The number of carbonyl (C=O) groups excluding carboxylic acids is 1. The van der Waals surface area contributed by atoms with Crippen molar-refractivity contribution in [2.24, 2.45) is 0 Å². The molecule has 0 bridgehead atoms. The van der Waals surface area contributed by atoms with Crippen molar-refractivity contribution >= 4 is 28.6 Å². The number of pyridine rings is 1. The van der Waals surface area contributed by atoms with Crippen LogP contribution in [0.1, 0.15) is 61.7 Å². The van der Waals surface area contributed by atoms with Gasteiger partial charge in [-0.3, -0.25) is 9.78 Å². The number of H-pyrrole nitrogens is 1. The van der Waals surface area contributed by atoms with Crippen molar-refractivity contribution in [3.8, 4) is 17.1 Å². The van der Waals surface area contributed by atoms with Crippen molar-refractivity contribution in [3.63, 3.8) is 0 Å². The minimum atomic E-state index is -0.600. The molecule has 5 rings (SSSR count). The molecule has 0 spiro atoms. The summed E-state index contributed by atoms with van der Waals surface area (Å²) in [6.07, 6.45) is 4.52. The first-order chi connectivity index (χ1) is 21.0. The van der Waals surface area contributed by atoms with Crippen LogP contribution in [0, 0.1) is 19.7 Å². The van der Waals surface area contributed by atoms with E-state index in [0.717, 1.165) is 67.6 Å². The Balaban J connectivity index is 1.56. The number of esters is 1. The Kier molecular flexibility index (Phi) is 9.34. The molecule has 1 N–H and O–H groups in total. The summed E-state index contributed by atoms with van der Waals surface area (Å²) in [4.78, 5) is 30.9. The summed E-state index contributed by atoms with van der Waals surface area (Å²) in [5.41, 5.74) is 6.32. The van der Waals surface area contributed by atoms with Crippen molar-refractivity contribution in [2.45, 2.75) is 70.1 Å². The first kappa shape index (κ1) is 31.2. The molecule has 3 heterocycles. The number of aryl methyl sites for hydroxylation is 2. The van der Waals surface area contributed by atoms with Gasteiger partial charge in [0.25, 0.3) is 0 Å². The molecule has 0 aliphatic carbocycles. The molecule has 0 amide bonds. The van der Waals surface area contributed by atoms with Crippen molar-refractivity contribution in [3.05, 3.63) is 101 Å². The average Bonchev–Trinajstić information content (AvgIpc) is 3.34. The lowest BCUT2D eigenvalue weighted by Crippen LogP contribution is -2.20. The molecule has 0 saturated carbocycles. The molecule has 2 aromatic carbocycles. The molecule has 5 aromatic rings. The Labute approximate surface area is 261 Å². The van der Waals surface area contributed by atoms with Crippen molar-refractivity contribution in [1.82, 2.24) is 19.9 Å². The van der Waals surface area contributed by atoms with Crippen molar-refractivity contribution in [1.29, 1.82) is 0 Å². The van der Waals surface area contributed by atoms with Crippen LogP contribution in [-0.4, -0.2) is 37.3 Å². The van der Waals surface area contributed by atoms with Gasteiger partial charge >= 0.3 is 5.97 Å². The molecule has 0 aliphatic rings. The molecule has 3 aromatic heterocycles. The fourth-order valence-electron chi connectivity index (χ4n) is 5.06. The number of carbonyl (C=O) groups is 1. The zero-order valence-electron chi connectivity index (χ0n) is 25.9. The number of aromatic nitrogens is 4. The van der Waals surface area contributed by atoms with Crippen LogP contribution in [0.2, 0.25) is 0 Å². The molecular weight excluding hydrogens is 575 g/mol. The second-order valence-electron chi connectivity index (χ2n) is 11.7. The second kappa shape index (κ2) is 13.2. The fraction of sp³-hybridized carbons (Fsp3) is 0.314. The number of fused-ring (bicyclic) bond motifs is 1. The SMILES string of the molecule is CCOC(=O)C(Cc1cccc(-c2ncc(F)cn2)c1)c1[nH]c2ccc(OCc3ccc(C)cn3)c(C)c2c1SC(C)(C)C. The molecule has 0 radical (unpaired) electrons. The van der Waals surface area contributed by atoms with Crippen LogP contribution in [0.25, 0.3) is 22.3 Å². The molecule has 1 unspecified atom stereocenters. The van der Waals surface area contributed by atoms with E-state index in [4.69, 9.17) is 9.47 Å². The number of nitrogens with one attached hydrogen (secondary N) is 1. The van der Waals surface area contributed by atoms with Crippen LogP contribution >= 0.6 is 11.8 Å². The Hall–Kier alpha value is -4.24. The maximum atomic E-state index is 13.6. The topological polar surface area (TPSA) is 90.0 Å². The van der Waals surface area contributed by atoms with Gasteiger partial charge in [-0.05, 0) is 62.6 Å². The van der Waals surface area contributed by atoms with Crippen LogP contribution in [0.15, 0.2) is 72.0 Å². The molecular formula is C35H37FN4O3S. The third-order valence-electron chi connectivity index (χ3n) is 7.08. The molecule has 9 heteroatoms. The number of aromatic amines is 1. The van der Waals surface area contributed by atoms with Gasteiger partial charge in [0.2, 0.25) is 0 Å². The summed E-state index contributed by atoms with van der Waals surface area (Å²) in [5, 5.41) is 1.03. The van der Waals surface area contributed by atoms with E-state index in [1.165, 1.54) is 0 Å². The number of benzene rings is 2. The van der Waals surface area contributed by atoms with Gasteiger partial charge in [0.05, 0.1) is 24.7 Å². The van der Waals surface area contributed by atoms with Gasteiger partial charge in [0.15, 0.2) is 11.6 Å². The molecule has 228 valence electrons. The zero-order valence-corrected chi connectivity index (χ0v) is 26.7. The highest BCUT2D eigenvalue weighted by molar-refractivity contribution is 8.00. The number of nitrogens with zero attached hydrogens (tertiary/aromatic N) is 3. The minimum absolute atomic E-state index is 0.141. The van der Waals surface area contributed by atoms with Gasteiger partial charge in [-0.15, -0.1) is 11.8 Å². The monoisotopic (exact) mass is 612 g/mol.